The van der Waals surface area contributed by atoms with Crippen molar-refractivity contribution in [2.75, 3.05) is 21.3 Å². The zero-order valence-corrected chi connectivity index (χ0v) is 24.4. The SMILES string of the molecule is COc1cc(OC)c2c(O)c3c(c(-c4c(OC)cc5c(c4O)C(=O)c4c(O)cc(C)cc4C5=O)c2c1)C[C@](C)(O)[C@H](O)C3=O. The minimum Gasteiger partial charge on any atom is -0.507 e. The predicted molar refractivity (Wildman–Crippen MR) is 157 cm³/mol. The van der Waals surface area contributed by atoms with E-state index in [1.54, 1.807) is 6.92 Å². The zero-order valence-electron chi connectivity index (χ0n) is 24.4. The van der Waals surface area contributed by atoms with Gasteiger partial charge in [0.25, 0.3) is 0 Å². The van der Waals surface area contributed by atoms with Crippen LogP contribution < -0.4 is 14.2 Å². The Hall–Kier alpha value is -5.13. The quantitative estimate of drug-likeness (QED) is 0.203. The lowest BCUT2D eigenvalue weighted by molar-refractivity contribution is -0.0488. The maximum absolute atomic E-state index is 13.9. The van der Waals surface area contributed by atoms with Crippen molar-refractivity contribution in [3.63, 3.8) is 0 Å². The normalized spacial score (nSPS) is 19.0. The molecule has 0 heterocycles. The molecular formula is C33H28O11. The third-order valence-electron chi connectivity index (χ3n) is 8.44. The fraction of sp³-hybridized carbons (Fsp3) is 0.242. The minimum absolute atomic E-state index is 0.0178. The van der Waals surface area contributed by atoms with Gasteiger partial charge < -0.3 is 39.7 Å². The summed E-state index contributed by atoms with van der Waals surface area (Å²) in [5, 5.41) is 56.1. The highest BCUT2D eigenvalue weighted by molar-refractivity contribution is 6.31. The number of Topliss-reactive ketones (excluding diaryl/α,β-unsaturated/α-hetero) is 1. The molecule has 226 valence electrons. The van der Waals surface area contributed by atoms with Crippen LogP contribution in [0.3, 0.4) is 0 Å². The smallest absolute Gasteiger partial charge is 0.201 e. The first-order chi connectivity index (χ1) is 20.8. The van der Waals surface area contributed by atoms with E-state index in [1.165, 1.54) is 58.6 Å². The van der Waals surface area contributed by atoms with Crippen molar-refractivity contribution in [1.82, 2.24) is 0 Å². The molecule has 2 atom stereocenters. The Kier molecular flexibility index (Phi) is 6.38. The van der Waals surface area contributed by atoms with Gasteiger partial charge in [-0.15, -0.1) is 0 Å². The Bertz CT molecular complexity index is 1990. The Balaban J connectivity index is 1.81. The van der Waals surface area contributed by atoms with Crippen molar-refractivity contribution < 1.29 is 54.1 Å². The minimum atomic E-state index is -1.99. The van der Waals surface area contributed by atoms with Gasteiger partial charge in [0.2, 0.25) is 5.78 Å². The number of methoxy groups -OCH3 is 3. The molecule has 44 heavy (non-hydrogen) atoms. The average Bonchev–Trinajstić information content (AvgIpc) is 2.97. The van der Waals surface area contributed by atoms with Crippen molar-refractivity contribution >= 4 is 28.1 Å². The van der Waals surface area contributed by atoms with Gasteiger partial charge in [-0.05, 0) is 49.2 Å². The van der Waals surface area contributed by atoms with Crippen LogP contribution >= 0.6 is 0 Å². The third kappa shape index (κ3) is 3.79. The molecule has 0 fully saturated rings. The summed E-state index contributed by atoms with van der Waals surface area (Å²) < 4.78 is 16.6. The first-order valence-corrected chi connectivity index (χ1v) is 13.5. The summed E-state index contributed by atoms with van der Waals surface area (Å²) in [6.07, 6.45) is -2.26. The number of aliphatic hydroxyl groups excluding tert-OH is 1. The number of hydrogen-bond acceptors (Lipinski definition) is 11. The number of phenols is 3. The van der Waals surface area contributed by atoms with E-state index in [1.807, 2.05) is 0 Å². The van der Waals surface area contributed by atoms with E-state index in [2.05, 4.69) is 0 Å². The molecular weight excluding hydrogens is 572 g/mol. The molecule has 5 N–H and O–H groups in total. The van der Waals surface area contributed by atoms with E-state index < -0.39 is 51.9 Å². The number of aliphatic hydroxyl groups is 2. The Morgan fingerprint density at radius 2 is 1.41 bits per heavy atom. The fourth-order valence-electron chi connectivity index (χ4n) is 6.38. The van der Waals surface area contributed by atoms with Crippen molar-refractivity contribution in [3.05, 3.63) is 69.3 Å². The summed E-state index contributed by atoms with van der Waals surface area (Å²) in [6, 6.07) is 7.06. The van der Waals surface area contributed by atoms with Crippen LogP contribution in [0.15, 0.2) is 30.3 Å². The van der Waals surface area contributed by atoms with E-state index in [4.69, 9.17) is 14.2 Å². The number of aryl methyl sites for hydroxylation is 1. The number of ketones is 3. The summed E-state index contributed by atoms with van der Waals surface area (Å²) in [6.45, 7) is 2.91. The predicted octanol–water partition coefficient (Wildman–Crippen LogP) is 3.58. The fourth-order valence-corrected chi connectivity index (χ4v) is 6.38. The largest absolute Gasteiger partial charge is 0.507 e. The second kappa shape index (κ2) is 9.69. The van der Waals surface area contributed by atoms with E-state index in [0.29, 0.717) is 5.56 Å². The van der Waals surface area contributed by atoms with Gasteiger partial charge in [-0.2, -0.15) is 0 Å². The van der Waals surface area contributed by atoms with Crippen LogP contribution in [0.5, 0.6) is 34.5 Å². The molecule has 4 aromatic carbocycles. The van der Waals surface area contributed by atoms with Gasteiger partial charge in [-0.3, -0.25) is 14.4 Å². The lowest BCUT2D eigenvalue weighted by Gasteiger charge is -2.36. The summed E-state index contributed by atoms with van der Waals surface area (Å²) in [5.74, 6) is -3.82. The van der Waals surface area contributed by atoms with E-state index >= 15 is 0 Å². The van der Waals surface area contributed by atoms with Crippen molar-refractivity contribution in [3.8, 4) is 45.6 Å². The van der Waals surface area contributed by atoms with Crippen LogP contribution in [-0.4, -0.2) is 75.9 Å². The van der Waals surface area contributed by atoms with Gasteiger partial charge in [-0.25, -0.2) is 0 Å². The Morgan fingerprint density at radius 1 is 0.750 bits per heavy atom. The van der Waals surface area contributed by atoms with Crippen molar-refractivity contribution in [2.24, 2.45) is 0 Å². The van der Waals surface area contributed by atoms with Crippen LogP contribution in [0.25, 0.3) is 21.9 Å². The molecule has 0 unspecified atom stereocenters. The Morgan fingerprint density at radius 3 is 2.05 bits per heavy atom. The molecule has 2 aliphatic rings. The van der Waals surface area contributed by atoms with E-state index in [9.17, 15) is 39.9 Å². The molecule has 2 aliphatic carbocycles. The second-order valence-electron chi connectivity index (χ2n) is 11.2. The third-order valence-corrected chi connectivity index (χ3v) is 8.44. The van der Waals surface area contributed by atoms with E-state index in [-0.39, 0.29) is 73.4 Å². The first-order valence-electron chi connectivity index (χ1n) is 13.5. The summed E-state index contributed by atoms with van der Waals surface area (Å²) >= 11 is 0. The molecule has 6 rings (SSSR count). The average molecular weight is 601 g/mol. The number of aromatic hydroxyl groups is 3. The molecule has 0 saturated carbocycles. The maximum atomic E-state index is 13.9. The number of rotatable bonds is 4. The monoisotopic (exact) mass is 600 g/mol. The summed E-state index contributed by atoms with van der Waals surface area (Å²) in [7, 11) is 4.02. The topological polar surface area (TPSA) is 180 Å². The van der Waals surface area contributed by atoms with E-state index in [0.717, 1.165) is 0 Å². The molecule has 0 aromatic heterocycles. The first kappa shape index (κ1) is 29.0. The highest BCUT2D eigenvalue weighted by atomic mass is 16.5. The lowest BCUT2D eigenvalue weighted by Crippen LogP contribution is -2.50. The summed E-state index contributed by atoms with van der Waals surface area (Å²) in [4.78, 5) is 41.0. The number of carbonyl (C=O) groups excluding carboxylic acids is 3. The highest BCUT2D eigenvalue weighted by Gasteiger charge is 2.47. The van der Waals surface area contributed by atoms with Gasteiger partial charge in [0.05, 0.1) is 54.6 Å². The lowest BCUT2D eigenvalue weighted by atomic mass is 9.73. The molecule has 0 bridgehead atoms. The van der Waals surface area contributed by atoms with Gasteiger partial charge in [0, 0.05) is 34.6 Å². The molecule has 4 aromatic rings. The van der Waals surface area contributed by atoms with Gasteiger partial charge in [-0.1, -0.05) is 0 Å². The van der Waals surface area contributed by atoms with Crippen LogP contribution in [-0.2, 0) is 6.42 Å². The molecule has 11 nitrogen and oxygen atoms in total. The molecule has 0 spiro atoms. The standard InChI is InChI=1S/C33H28O11/c1-12-6-15-22(18(34)7-12)28(36)24-16(27(15)35)10-20(44-5)26(30(24)38)21-14-8-13(42-3)9-19(43-4)23(14)29(37)25-17(21)11-33(2,41)32(40)31(25)39/h6-10,32,34,37-38,40-41H,11H2,1-5H3/t32-,33+/m1/s1. The number of ether oxygens (including phenoxy) is 3. The molecule has 0 saturated heterocycles. The van der Waals surface area contributed by atoms with Crippen LogP contribution in [0.1, 0.15) is 60.3 Å². The highest BCUT2D eigenvalue weighted by Crippen LogP contribution is 2.55. The van der Waals surface area contributed by atoms with Crippen LogP contribution in [0.2, 0.25) is 0 Å². The molecule has 0 aliphatic heterocycles. The number of benzene rings is 4. The number of carbonyl (C=O) groups is 3. The van der Waals surface area contributed by atoms with Crippen molar-refractivity contribution in [2.45, 2.75) is 32.0 Å². The van der Waals surface area contributed by atoms with Crippen LogP contribution in [0.4, 0.5) is 0 Å². The number of phenolic OH excluding ortho intramolecular Hbond substituents is 3. The van der Waals surface area contributed by atoms with Gasteiger partial charge in [0.15, 0.2) is 11.6 Å². The number of fused-ring (bicyclic) bond motifs is 4. The maximum Gasteiger partial charge on any atom is 0.201 e. The molecule has 0 amide bonds. The Labute approximate surface area is 250 Å². The zero-order chi connectivity index (χ0) is 32.0. The molecule has 0 radical (unpaired) electrons. The van der Waals surface area contributed by atoms with Gasteiger partial charge in [0.1, 0.15) is 40.6 Å². The van der Waals surface area contributed by atoms with Crippen molar-refractivity contribution in [1.29, 1.82) is 0 Å². The van der Waals surface area contributed by atoms with Gasteiger partial charge >= 0.3 is 0 Å². The van der Waals surface area contributed by atoms with Crippen LogP contribution in [0, 0.1) is 6.92 Å². The number of hydrogen-bond donors (Lipinski definition) is 5. The molecule has 11 heteroatoms. The second-order valence-corrected chi connectivity index (χ2v) is 11.2. The summed E-state index contributed by atoms with van der Waals surface area (Å²) in [5.41, 5.74) is -2.71.